The van der Waals surface area contributed by atoms with Crippen molar-refractivity contribution in [3.05, 3.63) is 29.8 Å². The molecule has 0 radical (unpaired) electrons. The number of hydrogen-bond donors (Lipinski definition) is 0. The zero-order valence-electron chi connectivity index (χ0n) is 15.4. The molecule has 1 amide bonds. The van der Waals surface area contributed by atoms with Gasteiger partial charge in [-0.15, -0.1) is 0 Å². The van der Waals surface area contributed by atoms with Crippen LogP contribution in [0.2, 0.25) is 0 Å². The van der Waals surface area contributed by atoms with Gasteiger partial charge in [-0.05, 0) is 44.5 Å². The Morgan fingerprint density at radius 3 is 2.41 bits per heavy atom. The van der Waals surface area contributed by atoms with E-state index in [2.05, 4.69) is 11.8 Å². The third-order valence-electron chi connectivity index (χ3n) is 5.40. The van der Waals surface area contributed by atoms with Crippen LogP contribution >= 0.6 is 0 Å². The van der Waals surface area contributed by atoms with Crippen LogP contribution in [-0.2, 0) is 14.8 Å². The molecule has 0 spiro atoms. The molecular weight excluding hydrogens is 376 g/mol. The van der Waals surface area contributed by atoms with E-state index in [1.807, 2.05) is 0 Å². The van der Waals surface area contributed by atoms with E-state index in [1.165, 1.54) is 10.7 Å². The zero-order valence-corrected chi connectivity index (χ0v) is 16.2. The fraction of sp³-hybridized carbons (Fsp3) is 0.611. The van der Waals surface area contributed by atoms with E-state index in [-0.39, 0.29) is 23.9 Å². The lowest BCUT2D eigenvalue weighted by Gasteiger charge is -2.37. The summed E-state index contributed by atoms with van der Waals surface area (Å²) in [7, 11) is -3.91. The Morgan fingerprint density at radius 1 is 1.07 bits per heavy atom. The predicted molar refractivity (Wildman–Crippen MR) is 96.6 cm³/mol. The molecule has 3 rings (SSSR count). The molecule has 2 fully saturated rings. The van der Waals surface area contributed by atoms with Gasteiger partial charge >= 0.3 is 0 Å². The van der Waals surface area contributed by atoms with E-state index < -0.39 is 21.7 Å². The molecule has 2 heterocycles. The van der Waals surface area contributed by atoms with Gasteiger partial charge < -0.3 is 4.90 Å². The van der Waals surface area contributed by atoms with Crippen molar-refractivity contribution in [3.63, 3.8) is 0 Å². The van der Waals surface area contributed by atoms with Crippen molar-refractivity contribution in [3.8, 4) is 0 Å². The van der Waals surface area contributed by atoms with E-state index in [0.29, 0.717) is 31.7 Å². The van der Waals surface area contributed by atoms with Crippen molar-refractivity contribution in [2.24, 2.45) is 0 Å². The van der Waals surface area contributed by atoms with Crippen molar-refractivity contribution in [1.29, 1.82) is 0 Å². The van der Waals surface area contributed by atoms with Gasteiger partial charge in [0, 0.05) is 32.2 Å². The Bertz CT molecular complexity index is 795. The maximum absolute atomic E-state index is 13.4. The number of sulfonamides is 1. The minimum Gasteiger partial charge on any atom is -0.339 e. The molecule has 2 aliphatic rings. The van der Waals surface area contributed by atoms with E-state index in [0.717, 1.165) is 31.5 Å². The summed E-state index contributed by atoms with van der Waals surface area (Å²) in [5.41, 5.74) is 0. The molecule has 150 valence electrons. The van der Waals surface area contributed by atoms with Crippen LogP contribution in [-0.4, -0.2) is 73.7 Å². The molecule has 2 aliphatic heterocycles. The summed E-state index contributed by atoms with van der Waals surface area (Å²) in [6.45, 7) is 4.27. The normalized spacial score (nSPS) is 22.8. The molecule has 9 heteroatoms. The highest BCUT2D eigenvalue weighted by Crippen LogP contribution is 2.21. The van der Waals surface area contributed by atoms with Gasteiger partial charge in [-0.25, -0.2) is 17.2 Å². The van der Waals surface area contributed by atoms with Gasteiger partial charge in [0.1, 0.15) is 0 Å². The van der Waals surface area contributed by atoms with E-state index in [4.69, 9.17) is 0 Å². The molecule has 0 saturated carbocycles. The monoisotopic (exact) mass is 401 g/mol. The number of halogens is 2. The number of carbonyl (C=O) groups excluding carboxylic acids is 1. The number of likely N-dealkylation sites (tertiary alicyclic amines) is 1. The van der Waals surface area contributed by atoms with Gasteiger partial charge in [0.05, 0.1) is 11.4 Å². The van der Waals surface area contributed by atoms with Crippen molar-refractivity contribution in [2.45, 2.75) is 37.1 Å². The van der Waals surface area contributed by atoms with Crippen LogP contribution in [0.3, 0.4) is 0 Å². The van der Waals surface area contributed by atoms with E-state index >= 15 is 0 Å². The second-order valence-electron chi connectivity index (χ2n) is 7.18. The summed E-state index contributed by atoms with van der Waals surface area (Å²) < 4.78 is 52.9. The van der Waals surface area contributed by atoms with Crippen molar-refractivity contribution in [2.75, 3.05) is 39.3 Å². The van der Waals surface area contributed by atoms with Gasteiger partial charge in [-0.2, -0.15) is 4.31 Å². The minimum absolute atomic E-state index is 0.00799. The van der Waals surface area contributed by atoms with Crippen molar-refractivity contribution >= 4 is 15.9 Å². The molecule has 0 N–H and O–H groups in total. The third-order valence-corrected chi connectivity index (χ3v) is 7.29. The average molecular weight is 401 g/mol. The number of nitrogens with zero attached hydrogens (tertiary/aromatic N) is 3. The predicted octanol–water partition coefficient (Wildman–Crippen LogP) is 1.67. The fourth-order valence-electron chi connectivity index (χ4n) is 3.63. The Morgan fingerprint density at radius 2 is 1.78 bits per heavy atom. The quantitative estimate of drug-likeness (QED) is 0.770. The molecule has 0 bridgehead atoms. The number of carbonyl (C=O) groups is 1. The number of piperazine rings is 1. The fourth-order valence-corrected chi connectivity index (χ4v) is 5.07. The molecule has 2 saturated heterocycles. The maximum atomic E-state index is 13.4. The first kappa shape index (κ1) is 20.2. The second kappa shape index (κ2) is 8.20. The Hall–Kier alpha value is -1.58. The van der Waals surface area contributed by atoms with Crippen LogP contribution in [0.1, 0.15) is 26.2 Å². The van der Waals surface area contributed by atoms with Crippen molar-refractivity contribution < 1.29 is 22.0 Å². The first-order valence-electron chi connectivity index (χ1n) is 9.26. The van der Waals surface area contributed by atoms with Gasteiger partial charge in [0.2, 0.25) is 15.9 Å². The first-order valence-corrected chi connectivity index (χ1v) is 10.7. The summed E-state index contributed by atoms with van der Waals surface area (Å²) in [6, 6.07) is 2.95. The van der Waals surface area contributed by atoms with Gasteiger partial charge in [-0.1, -0.05) is 6.42 Å². The molecule has 0 unspecified atom stereocenters. The van der Waals surface area contributed by atoms with Crippen LogP contribution in [0, 0.1) is 11.6 Å². The number of hydrogen-bond acceptors (Lipinski definition) is 4. The number of piperidine rings is 1. The van der Waals surface area contributed by atoms with Gasteiger partial charge in [0.15, 0.2) is 11.6 Å². The Kier molecular flexibility index (Phi) is 6.12. The average Bonchev–Trinajstić information content (AvgIpc) is 2.65. The van der Waals surface area contributed by atoms with Crippen molar-refractivity contribution in [1.82, 2.24) is 14.1 Å². The van der Waals surface area contributed by atoms with Crippen LogP contribution in [0.25, 0.3) is 0 Å². The Balaban J connectivity index is 1.59. The maximum Gasteiger partial charge on any atom is 0.243 e. The van der Waals surface area contributed by atoms with Gasteiger partial charge in [0.25, 0.3) is 0 Å². The molecule has 1 aromatic carbocycles. The molecule has 0 aromatic heterocycles. The van der Waals surface area contributed by atoms with E-state index in [9.17, 15) is 22.0 Å². The lowest BCUT2D eigenvalue weighted by molar-refractivity contribution is -0.134. The number of amides is 1. The highest BCUT2D eigenvalue weighted by molar-refractivity contribution is 7.89. The molecule has 27 heavy (non-hydrogen) atoms. The van der Waals surface area contributed by atoms with Gasteiger partial charge in [-0.3, -0.25) is 9.69 Å². The SMILES string of the molecule is C[C@@H]1CCCCN1CC(=O)N1CCN(S(=O)(=O)c2ccc(F)c(F)c2)CC1. The summed E-state index contributed by atoms with van der Waals surface area (Å²) >= 11 is 0. The summed E-state index contributed by atoms with van der Waals surface area (Å²) in [5, 5.41) is 0. The summed E-state index contributed by atoms with van der Waals surface area (Å²) in [6.07, 6.45) is 3.37. The minimum atomic E-state index is -3.91. The highest BCUT2D eigenvalue weighted by Gasteiger charge is 2.31. The second-order valence-corrected chi connectivity index (χ2v) is 9.11. The summed E-state index contributed by atoms with van der Waals surface area (Å²) in [4.78, 5) is 16.1. The lowest BCUT2D eigenvalue weighted by atomic mass is 10.0. The van der Waals surface area contributed by atoms with Crippen LogP contribution in [0.4, 0.5) is 8.78 Å². The van der Waals surface area contributed by atoms with Crippen LogP contribution < -0.4 is 0 Å². The van der Waals surface area contributed by atoms with Crippen LogP contribution in [0.15, 0.2) is 23.1 Å². The Labute approximate surface area is 158 Å². The number of benzene rings is 1. The third kappa shape index (κ3) is 4.47. The lowest BCUT2D eigenvalue weighted by Crippen LogP contribution is -2.53. The molecule has 6 nitrogen and oxygen atoms in total. The molecule has 0 aliphatic carbocycles. The summed E-state index contributed by atoms with van der Waals surface area (Å²) in [5.74, 6) is -2.27. The zero-order chi connectivity index (χ0) is 19.6. The molecule has 1 atom stereocenters. The number of rotatable bonds is 4. The molecule has 1 aromatic rings. The smallest absolute Gasteiger partial charge is 0.243 e. The molecular formula is C18H25F2N3O3S. The largest absolute Gasteiger partial charge is 0.339 e. The topological polar surface area (TPSA) is 60.9 Å². The standard InChI is InChI=1S/C18H25F2N3O3S/c1-14-4-2-3-7-22(14)13-18(24)21-8-10-23(11-9-21)27(25,26)15-5-6-16(19)17(20)12-15/h5-6,12,14H,2-4,7-11,13H2,1H3/t14-/m1/s1. The highest BCUT2D eigenvalue weighted by atomic mass is 32.2. The van der Waals surface area contributed by atoms with E-state index in [1.54, 1.807) is 4.90 Å². The first-order chi connectivity index (χ1) is 12.8. The van der Waals surface area contributed by atoms with Crippen LogP contribution in [0.5, 0.6) is 0 Å².